The van der Waals surface area contributed by atoms with Crippen molar-refractivity contribution >= 4 is 101 Å². The van der Waals surface area contributed by atoms with Gasteiger partial charge in [-0.05, 0) is 232 Å². The minimum absolute atomic E-state index is 0.137. The van der Waals surface area contributed by atoms with Gasteiger partial charge in [-0.2, -0.15) is 0 Å². The maximum absolute atomic E-state index is 2.76. The van der Waals surface area contributed by atoms with Gasteiger partial charge >= 0.3 is 0 Å². The zero-order valence-electron chi connectivity index (χ0n) is 69.5. The van der Waals surface area contributed by atoms with Crippen molar-refractivity contribution in [3.8, 4) is 100 Å². The van der Waals surface area contributed by atoms with Crippen LogP contribution in [0.4, 0.5) is 34.1 Å². The maximum Gasteiger partial charge on any atom is 0.252 e. The second-order valence-electron chi connectivity index (χ2n) is 36.2. The van der Waals surface area contributed by atoms with E-state index in [-0.39, 0.29) is 23.0 Å². The molecule has 576 valence electrons. The largest absolute Gasteiger partial charge is 0.310 e. The zero-order chi connectivity index (χ0) is 81.3. The Labute approximate surface area is 705 Å². The topological polar surface area (TPSA) is 16.3 Å². The molecule has 0 saturated heterocycles. The van der Waals surface area contributed by atoms with Gasteiger partial charge in [0, 0.05) is 77.9 Å². The summed E-state index contributed by atoms with van der Waals surface area (Å²) in [6.07, 6.45) is 0.800. The molecule has 120 heavy (non-hydrogen) atoms. The van der Waals surface area contributed by atoms with E-state index < -0.39 is 0 Å². The van der Waals surface area contributed by atoms with Crippen molar-refractivity contribution in [3.63, 3.8) is 0 Å². The lowest BCUT2D eigenvalue weighted by atomic mass is 9.33. The molecule has 0 radical (unpaired) electrons. The zero-order valence-corrected chi connectivity index (χ0v) is 69.5. The van der Waals surface area contributed by atoms with E-state index in [4.69, 9.17) is 0 Å². The molecule has 19 aromatic rings. The first-order valence-electron chi connectivity index (χ1n) is 42.4. The van der Waals surface area contributed by atoms with Crippen LogP contribution in [0.5, 0.6) is 0 Å². The molecular weight excluding hydrogens is 1450 g/mol. The lowest BCUT2D eigenvalue weighted by Crippen LogP contribution is -2.61. The van der Waals surface area contributed by atoms with Crippen LogP contribution < -0.4 is 26.2 Å². The first-order valence-corrected chi connectivity index (χ1v) is 42.4. The van der Waals surface area contributed by atoms with Gasteiger partial charge in [0.25, 0.3) is 6.71 Å². The minimum Gasteiger partial charge on any atom is -0.310 e. The molecule has 4 nitrogen and oxygen atoms in total. The van der Waals surface area contributed by atoms with E-state index in [2.05, 4.69) is 469 Å². The molecule has 21 rings (SSSR count). The van der Waals surface area contributed by atoms with Gasteiger partial charge in [0.2, 0.25) is 0 Å². The van der Waals surface area contributed by atoms with Gasteiger partial charge in [-0.3, -0.25) is 0 Å². The van der Waals surface area contributed by atoms with Gasteiger partial charge in [0.15, 0.2) is 0 Å². The van der Waals surface area contributed by atoms with E-state index in [0.717, 1.165) is 118 Å². The second kappa shape index (κ2) is 29.0. The molecule has 0 amide bonds. The number of rotatable bonds is 13. The molecule has 0 N–H and O–H groups in total. The van der Waals surface area contributed by atoms with Crippen LogP contribution in [0.25, 0.3) is 144 Å². The molecule has 2 aromatic heterocycles. The van der Waals surface area contributed by atoms with E-state index in [1.54, 1.807) is 0 Å². The molecule has 2 aliphatic heterocycles. The van der Waals surface area contributed by atoms with Crippen LogP contribution in [-0.2, 0) is 17.3 Å². The molecule has 0 fully saturated rings. The smallest absolute Gasteiger partial charge is 0.252 e. The highest BCUT2D eigenvalue weighted by Crippen LogP contribution is 2.56. The number of anilines is 6. The summed E-state index contributed by atoms with van der Waals surface area (Å²) in [6.45, 7) is 21.1. The van der Waals surface area contributed by atoms with E-state index in [1.165, 1.54) is 99.1 Å². The Balaban J connectivity index is 0.920. The lowest BCUT2D eigenvalue weighted by molar-refractivity contribution is 0.411. The molecule has 0 aliphatic carbocycles. The minimum atomic E-state index is -0.289. The third-order valence-corrected chi connectivity index (χ3v) is 25.0. The second-order valence-corrected chi connectivity index (χ2v) is 36.2. The van der Waals surface area contributed by atoms with Crippen LogP contribution in [0.15, 0.2) is 388 Å². The Morgan fingerprint density at radius 1 is 0.233 bits per heavy atom. The summed E-state index contributed by atoms with van der Waals surface area (Å²) in [7, 11) is 0. The summed E-state index contributed by atoms with van der Waals surface area (Å²) < 4.78 is 5.11. The number of aromatic nitrogens is 2. The van der Waals surface area contributed by atoms with Crippen molar-refractivity contribution in [1.82, 2.24) is 9.13 Å². The molecule has 0 unspecified atom stereocenters. The van der Waals surface area contributed by atoms with E-state index in [0.29, 0.717) is 0 Å². The van der Waals surface area contributed by atoms with E-state index in [1.807, 2.05) is 0 Å². The molecule has 0 bridgehead atoms. The molecule has 0 atom stereocenters. The summed E-state index contributed by atoms with van der Waals surface area (Å²) >= 11 is 0. The van der Waals surface area contributed by atoms with E-state index >= 15 is 0 Å². The van der Waals surface area contributed by atoms with Crippen molar-refractivity contribution in [2.45, 2.75) is 79.6 Å². The van der Waals surface area contributed by atoms with Gasteiger partial charge in [0.1, 0.15) is 0 Å². The summed E-state index contributed by atoms with van der Waals surface area (Å²) in [5, 5.41) is 4.80. The molecule has 2 aliphatic rings. The van der Waals surface area contributed by atoms with Crippen LogP contribution in [0, 0.1) is 5.41 Å². The highest BCUT2D eigenvalue weighted by Gasteiger charge is 2.47. The van der Waals surface area contributed by atoms with Crippen molar-refractivity contribution < 1.29 is 0 Å². The average molecular weight is 1540 g/mol. The molecule has 0 saturated carbocycles. The summed E-state index contributed by atoms with van der Waals surface area (Å²) in [5.74, 6) is 0. The number of benzene rings is 17. The van der Waals surface area contributed by atoms with Crippen LogP contribution in [0.1, 0.15) is 79.0 Å². The first-order chi connectivity index (χ1) is 58.4. The average Bonchev–Trinajstić information content (AvgIpc) is 0.689. The quantitative estimate of drug-likeness (QED) is 0.107. The number of fused-ring (bicyclic) bond motifs is 10. The lowest BCUT2D eigenvalue weighted by Gasteiger charge is -2.46. The van der Waals surface area contributed by atoms with Crippen LogP contribution >= 0.6 is 0 Å². The van der Waals surface area contributed by atoms with Gasteiger partial charge < -0.3 is 18.9 Å². The highest BCUT2D eigenvalue weighted by atomic mass is 15.2. The van der Waals surface area contributed by atoms with Crippen molar-refractivity contribution in [2.75, 3.05) is 9.80 Å². The summed E-state index contributed by atoms with van der Waals surface area (Å²) in [5.41, 5.74) is 39.1. The Morgan fingerprint density at radius 3 is 0.742 bits per heavy atom. The van der Waals surface area contributed by atoms with Crippen LogP contribution in [-0.4, -0.2) is 15.8 Å². The van der Waals surface area contributed by atoms with Gasteiger partial charge in [-0.15, -0.1) is 0 Å². The Morgan fingerprint density at radius 2 is 0.492 bits per heavy atom. The Hall–Kier alpha value is -14.0. The van der Waals surface area contributed by atoms with Crippen molar-refractivity contribution in [3.05, 3.63) is 405 Å². The molecule has 4 heterocycles. The monoisotopic (exact) mass is 1540 g/mol. The fourth-order valence-corrected chi connectivity index (χ4v) is 19.3. The molecule has 0 spiro atoms. The fourth-order valence-electron chi connectivity index (χ4n) is 19.3. The Bertz CT molecular complexity index is 6450. The molecule has 5 heteroatoms. The van der Waals surface area contributed by atoms with Gasteiger partial charge in [-0.25, -0.2) is 0 Å². The predicted octanol–water partition coefficient (Wildman–Crippen LogP) is 29.5. The summed E-state index contributed by atoms with van der Waals surface area (Å²) in [4.78, 5) is 5.52. The first kappa shape index (κ1) is 73.6. The van der Waals surface area contributed by atoms with Crippen molar-refractivity contribution in [2.24, 2.45) is 5.41 Å². The third-order valence-electron chi connectivity index (χ3n) is 25.0. The van der Waals surface area contributed by atoms with E-state index in [9.17, 15) is 0 Å². The highest BCUT2D eigenvalue weighted by molar-refractivity contribution is 7.00. The fraction of sp³-hybridized carbons (Fsp3) is 0.113. The SMILES string of the molecule is CC(C)(C)Cc1cc2c3c(c1)N(c1c(-c4ccccc4)cc(C(C)(C)C)cc1-c1ccccc1)c1cc(-n4c5ccc(-c6ccccc6)cc5c5cc(-c6ccccc6)ccc54)ccc1B3c1ccc(-n3c4ccc(-c5ccccc5)cc4c4cc(-c5ccccc5)ccc43)cc1N2c1c(-c2ccccc2)cc(C(C)(C)C)cc1-c1ccccc1. The van der Waals surface area contributed by atoms with Gasteiger partial charge in [0.05, 0.1) is 33.4 Å². The van der Waals surface area contributed by atoms with Crippen molar-refractivity contribution in [1.29, 1.82) is 0 Å². The number of hydrogen-bond donors (Lipinski definition) is 0. The number of hydrogen-bond acceptors (Lipinski definition) is 2. The van der Waals surface area contributed by atoms with Crippen LogP contribution in [0.3, 0.4) is 0 Å². The van der Waals surface area contributed by atoms with Gasteiger partial charge in [-0.1, -0.05) is 341 Å². The standard InChI is InChI=1S/C115H93BN4/c1-113(2,3)74-75-62-108-110-109(63-75)120(112-94(82-46-30-16-31-47-82)70-89(115(7,8)9)71-95(112)83-48-32-17-33-49-83)107-73-91(118-104-60-52-86(78-38-22-12-23-39-78)66-98(104)99-67-87(53-61-105(99)118)79-40-24-13-25-41-79)55-57-101(107)116(110)100-56-54-90(72-106(100)119(108)111-92(80-42-26-14-27-43-80)68-88(114(4,5)6)69-93(111)81-44-28-15-29-45-81)117-102-58-50-84(76-34-18-10-19-35-76)64-96(102)97-65-85(51-59-103(97)117)77-36-20-11-21-37-77/h10-73H,74H2,1-9H3. The Kier molecular flexibility index (Phi) is 17.8. The van der Waals surface area contributed by atoms with Crippen LogP contribution in [0.2, 0.25) is 0 Å². The third kappa shape index (κ3) is 12.9. The summed E-state index contributed by atoms with van der Waals surface area (Å²) in [6, 6.07) is 147. The maximum atomic E-state index is 2.76. The predicted molar refractivity (Wildman–Crippen MR) is 513 cm³/mol. The normalized spacial score (nSPS) is 12.7. The molecular formula is C115H93BN4. The number of nitrogens with zero attached hydrogens (tertiary/aromatic N) is 4. The molecule has 17 aromatic carbocycles.